The lowest BCUT2D eigenvalue weighted by Crippen LogP contribution is -2.33. The third-order valence-electron chi connectivity index (χ3n) is 4.12. The molecule has 1 aliphatic heterocycles. The average molecular weight is 355 g/mol. The van der Waals surface area contributed by atoms with Gasteiger partial charge in [0.05, 0.1) is 6.04 Å². The molecule has 22 heavy (non-hydrogen) atoms. The highest BCUT2D eigenvalue weighted by Crippen LogP contribution is 2.28. The largest absolute Gasteiger partial charge is 0.311 e. The van der Waals surface area contributed by atoms with Crippen molar-refractivity contribution in [1.29, 1.82) is 0 Å². The number of hydrogen-bond acceptors (Lipinski definition) is 3. The van der Waals surface area contributed by atoms with E-state index in [0.29, 0.717) is 11.1 Å². The Balaban J connectivity index is 1.61. The number of nitrogens with zero attached hydrogens (tertiary/aromatic N) is 1. The fraction of sp³-hybridized carbons (Fsp3) is 0.412. The fourth-order valence-electron chi connectivity index (χ4n) is 2.95. The Labute approximate surface area is 146 Å². The van der Waals surface area contributed by atoms with Crippen LogP contribution in [0.1, 0.15) is 29.3 Å². The smallest absolute Gasteiger partial charge is 0.0566 e. The maximum atomic E-state index is 6.24. The van der Waals surface area contributed by atoms with Crippen LogP contribution in [0.3, 0.4) is 0 Å². The van der Waals surface area contributed by atoms with Crippen molar-refractivity contribution < 1.29 is 0 Å². The lowest BCUT2D eigenvalue weighted by molar-refractivity contribution is 0.242. The summed E-state index contributed by atoms with van der Waals surface area (Å²) in [6, 6.07) is 10.5. The van der Waals surface area contributed by atoms with Crippen LogP contribution < -0.4 is 5.32 Å². The van der Waals surface area contributed by atoms with Crippen molar-refractivity contribution in [3.05, 3.63) is 56.2 Å². The van der Waals surface area contributed by atoms with Crippen molar-refractivity contribution in [2.75, 3.05) is 19.6 Å². The van der Waals surface area contributed by atoms with Gasteiger partial charge >= 0.3 is 0 Å². The number of halogens is 2. The maximum absolute atomic E-state index is 6.24. The normalized spacial score (nSPS) is 17.0. The van der Waals surface area contributed by atoms with Crippen LogP contribution in [0.25, 0.3) is 0 Å². The molecule has 1 saturated heterocycles. The van der Waals surface area contributed by atoms with Crippen LogP contribution in [-0.2, 0) is 6.54 Å². The van der Waals surface area contributed by atoms with E-state index in [4.69, 9.17) is 23.2 Å². The van der Waals surface area contributed by atoms with Gasteiger partial charge in [0.2, 0.25) is 0 Å². The van der Waals surface area contributed by atoms with E-state index < -0.39 is 0 Å². The van der Waals surface area contributed by atoms with E-state index in [2.05, 4.69) is 27.7 Å². The maximum Gasteiger partial charge on any atom is 0.0566 e. The highest BCUT2D eigenvalue weighted by atomic mass is 35.5. The van der Waals surface area contributed by atoms with Gasteiger partial charge in [-0.25, -0.2) is 0 Å². The van der Waals surface area contributed by atoms with Crippen molar-refractivity contribution in [1.82, 2.24) is 10.2 Å². The van der Waals surface area contributed by atoms with E-state index in [-0.39, 0.29) is 0 Å². The zero-order valence-electron chi connectivity index (χ0n) is 12.4. The minimum Gasteiger partial charge on any atom is -0.311 e. The Hall–Kier alpha value is -0.580. The zero-order chi connectivity index (χ0) is 15.4. The van der Waals surface area contributed by atoms with E-state index >= 15 is 0 Å². The Kier molecular flexibility index (Phi) is 5.77. The first kappa shape index (κ1) is 16.3. The van der Waals surface area contributed by atoms with Gasteiger partial charge in [-0.15, -0.1) is 11.3 Å². The lowest BCUT2D eigenvalue weighted by atomic mass is 10.2. The summed E-state index contributed by atoms with van der Waals surface area (Å²) in [6.45, 7) is 4.11. The van der Waals surface area contributed by atoms with Gasteiger partial charge in [-0.1, -0.05) is 35.3 Å². The molecule has 118 valence electrons. The molecule has 2 nitrogen and oxygen atoms in total. The van der Waals surface area contributed by atoms with Crippen LogP contribution in [0.15, 0.2) is 35.7 Å². The van der Waals surface area contributed by atoms with Crippen LogP contribution in [0.2, 0.25) is 10.0 Å². The summed E-state index contributed by atoms with van der Waals surface area (Å²) in [5.41, 5.74) is 1.09. The predicted octanol–water partition coefficient (Wildman–Crippen LogP) is 4.98. The predicted molar refractivity (Wildman–Crippen MR) is 96.0 cm³/mol. The Morgan fingerprint density at radius 1 is 1.18 bits per heavy atom. The van der Waals surface area contributed by atoms with Gasteiger partial charge in [0, 0.05) is 28.0 Å². The van der Waals surface area contributed by atoms with Gasteiger partial charge in [-0.05, 0) is 55.1 Å². The Morgan fingerprint density at radius 2 is 2.00 bits per heavy atom. The van der Waals surface area contributed by atoms with Crippen LogP contribution in [0, 0.1) is 0 Å². The molecule has 1 N–H and O–H groups in total. The first-order valence-electron chi connectivity index (χ1n) is 7.66. The third-order valence-corrected chi connectivity index (χ3v) is 5.68. The van der Waals surface area contributed by atoms with E-state index in [1.807, 2.05) is 23.5 Å². The second-order valence-corrected chi connectivity index (χ2v) is 7.46. The zero-order valence-corrected chi connectivity index (χ0v) is 14.7. The number of thiophene rings is 1. The highest BCUT2D eigenvalue weighted by molar-refractivity contribution is 7.10. The molecule has 0 radical (unpaired) electrons. The Morgan fingerprint density at radius 3 is 2.68 bits per heavy atom. The van der Waals surface area contributed by atoms with E-state index in [1.165, 1.54) is 30.8 Å². The van der Waals surface area contributed by atoms with Gasteiger partial charge in [0.15, 0.2) is 0 Å². The quantitative estimate of drug-likeness (QED) is 0.786. The van der Waals surface area contributed by atoms with E-state index in [1.54, 1.807) is 6.07 Å². The lowest BCUT2D eigenvalue weighted by Gasteiger charge is -2.27. The summed E-state index contributed by atoms with van der Waals surface area (Å²) in [5, 5.41) is 7.14. The summed E-state index contributed by atoms with van der Waals surface area (Å²) < 4.78 is 0. The molecule has 1 aliphatic rings. The molecule has 5 heteroatoms. The summed E-state index contributed by atoms with van der Waals surface area (Å²) in [6.07, 6.45) is 2.62. The van der Waals surface area contributed by atoms with Crippen molar-refractivity contribution in [2.45, 2.75) is 25.4 Å². The molecular weight excluding hydrogens is 335 g/mol. The molecule has 0 amide bonds. The van der Waals surface area contributed by atoms with Crippen LogP contribution in [0.4, 0.5) is 0 Å². The van der Waals surface area contributed by atoms with Crippen molar-refractivity contribution in [3.63, 3.8) is 0 Å². The molecule has 1 aromatic carbocycles. The molecule has 1 atom stereocenters. The highest BCUT2D eigenvalue weighted by Gasteiger charge is 2.23. The fourth-order valence-corrected chi connectivity index (χ4v) is 4.29. The van der Waals surface area contributed by atoms with Crippen LogP contribution in [0.5, 0.6) is 0 Å². The summed E-state index contributed by atoms with van der Waals surface area (Å²) in [4.78, 5) is 4.03. The molecule has 0 saturated carbocycles. The number of likely N-dealkylation sites (tertiary alicyclic amines) is 1. The van der Waals surface area contributed by atoms with E-state index in [9.17, 15) is 0 Å². The minimum atomic E-state index is 0.466. The van der Waals surface area contributed by atoms with Crippen molar-refractivity contribution in [3.8, 4) is 0 Å². The summed E-state index contributed by atoms with van der Waals surface area (Å²) >= 11 is 14.0. The average Bonchev–Trinajstić information content (AvgIpc) is 3.19. The molecule has 1 aromatic heterocycles. The molecule has 1 unspecified atom stereocenters. The molecule has 1 fully saturated rings. The molecule has 2 aromatic rings. The molecule has 3 rings (SSSR count). The van der Waals surface area contributed by atoms with E-state index in [0.717, 1.165) is 23.7 Å². The SMILES string of the molecule is Clc1ccc(CNCC(c2cccs2)N2CCCC2)c(Cl)c1. The molecule has 0 bridgehead atoms. The number of hydrogen-bond donors (Lipinski definition) is 1. The monoisotopic (exact) mass is 354 g/mol. The summed E-state index contributed by atoms with van der Waals surface area (Å²) in [5.74, 6) is 0. The number of rotatable bonds is 6. The standard InChI is InChI=1S/C17H20Cl2N2S/c18-14-6-5-13(15(19)10-14)11-20-12-16(17-4-3-9-22-17)21-7-1-2-8-21/h3-6,9-10,16,20H,1-2,7-8,11-12H2. The minimum absolute atomic E-state index is 0.466. The molecule has 0 aliphatic carbocycles. The van der Waals surface area contributed by atoms with Gasteiger partial charge in [0.1, 0.15) is 0 Å². The molecule has 0 spiro atoms. The summed E-state index contributed by atoms with van der Waals surface area (Å²) in [7, 11) is 0. The first-order valence-corrected chi connectivity index (χ1v) is 9.29. The Bertz CT molecular complexity index is 595. The number of benzene rings is 1. The van der Waals surface area contributed by atoms with Crippen molar-refractivity contribution >= 4 is 34.5 Å². The topological polar surface area (TPSA) is 15.3 Å². The first-order chi connectivity index (χ1) is 10.7. The number of nitrogens with one attached hydrogen (secondary N) is 1. The van der Waals surface area contributed by atoms with Crippen molar-refractivity contribution in [2.24, 2.45) is 0 Å². The second-order valence-electron chi connectivity index (χ2n) is 5.64. The molecule has 2 heterocycles. The van der Waals surface area contributed by atoms with Gasteiger partial charge in [-0.2, -0.15) is 0 Å². The second kappa shape index (κ2) is 7.80. The van der Waals surface area contributed by atoms with Gasteiger partial charge in [-0.3, -0.25) is 4.90 Å². The van der Waals surface area contributed by atoms with Crippen LogP contribution >= 0.6 is 34.5 Å². The molecular formula is C17H20Cl2N2S. The third kappa shape index (κ3) is 4.03. The van der Waals surface area contributed by atoms with Gasteiger partial charge < -0.3 is 5.32 Å². The van der Waals surface area contributed by atoms with Crippen LogP contribution in [-0.4, -0.2) is 24.5 Å². The van der Waals surface area contributed by atoms with Gasteiger partial charge in [0.25, 0.3) is 0 Å².